The van der Waals surface area contributed by atoms with E-state index in [4.69, 9.17) is 0 Å². The van der Waals surface area contributed by atoms with Crippen molar-refractivity contribution in [3.8, 4) is 0 Å². The Morgan fingerprint density at radius 2 is 0.667 bits per heavy atom. The zero-order valence-electron chi connectivity index (χ0n) is 15.9. The van der Waals surface area contributed by atoms with E-state index in [9.17, 15) is 0 Å². The van der Waals surface area contributed by atoms with Gasteiger partial charge in [-0.3, -0.25) is 0 Å². The zero-order valence-corrected chi connectivity index (χ0v) is 15.9. The Morgan fingerprint density at radius 1 is 0.476 bits per heavy atom. The first kappa shape index (κ1) is 19.1. The van der Waals surface area contributed by atoms with Gasteiger partial charge in [-0.15, -0.1) is 0 Å². The molecule has 0 aromatic rings. The maximum Gasteiger partial charge on any atom is 0.285 e. The molecule has 1 rings (SSSR count). The first-order valence-corrected chi connectivity index (χ1v) is 8.52. The van der Waals surface area contributed by atoms with E-state index in [0.29, 0.717) is 37.2 Å². The predicted molar refractivity (Wildman–Crippen MR) is 99.5 cm³/mol. The van der Waals surface area contributed by atoms with E-state index in [1.165, 1.54) is 0 Å². The Hall–Kier alpha value is 0.0748. The summed E-state index contributed by atoms with van der Waals surface area (Å²) in [6, 6.07) is 0. The highest BCUT2D eigenvalue weighted by molar-refractivity contribution is 6.87. The highest BCUT2D eigenvalue weighted by atomic mass is 15.1. The standard InChI is InChI=1S/C15H36B3N3/c1-13(2,3)10-16-19-17(11-14(4,5)6)21-18(20-16)12-15(7,8)9/h19-21H,10-12H2,1-9H3. The van der Waals surface area contributed by atoms with Crippen molar-refractivity contribution in [1.82, 2.24) is 15.4 Å². The average Bonchev–Trinajstić information content (AvgIpc) is 2.06. The van der Waals surface area contributed by atoms with Crippen LogP contribution >= 0.6 is 0 Å². The lowest BCUT2D eigenvalue weighted by molar-refractivity contribution is 0.451. The van der Waals surface area contributed by atoms with Gasteiger partial charge in [0.05, 0.1) is 0 Å². The fourth-order valence-electron chi connectivity index (χ4n) is 3.06. The van der Waals surface area contributed by atoms with Crippen molar-refractivity contribution in [2.45, 2.75) is 81.3 Å². The van der Waals surface area contributed by atoms with Gasteiger partial charge in [0.2, 0.25) is 0 Å². The highest BCUT2D eigenvalue weighted by Crippen LogP contribution is 2.26. The minimum atomic E-state index is 0.334. The number of rotatable bonds is 3. The maximum atomic E-state index is 3.76. The summed E-state index contributed by atoms with van der Waals surface area (Å²) in [4.78, 5) is 0. The summed E-state index contributed by atoms with van der Waals surface area (Å²) < 4.78 is 0. The summed E-state index contributed by atoms with van der Waals surface area (Å²) in [5.41, 5.74) is 1.00. The van der Waals surface area contributed by atoms with Crippen molar-refractivity contribution in [2.75, 3.05) is 0 Å². The molecule has 0 saturated carbocycles. The molecule has 0 unspecified atom stereocenters. The van der Waals surface area contributed by atoms with E-state index in [1.807, 2.05) is 0 Å². The van der Waals surface area contributed by atoms with Gasteiger partial charge < -0.3 is 15.4 Å². The molecule has 3 N–H and O–H groups in total. The molecular weight excluding hydrogens is 255 g/mol. The van der Waals surface area contributed by atoms with Crippen LogP contribution in [-0.4, -0.2) is 20.9 Å². The van der Waals surface area contributed by atoms with Crippen molar-refractivity contribution < 1.29 is 0 Å². The molecule has 0 atom stereocenters. The van der Waals surface area contributed by atoms with E-state index >= 15 is 0 Å². The van der Waals surface area contributed by atoms with Gasteiger partial charge in [0.1, 0.15) is 0 Å². The smallest absolute Gasteiger partial charge is 0.285 e. The largest absolute Gasteiger partial charge is 0.371 e. The van der Waals surface area contributed by atoms with Crippen molar-refractivity contribution in [3.05, 3.63) is 0 Å². The van der Waals surface area contributed by atoms with Crippen LogP contribution in [0.15, 0.2) is 0 Å². The summed E-state index contributed by atoms with van der Waals surface area (Å²) in [5, 5.41) is 11.3. The lowest BCUT2D eigenvalue weighted by atomic mass is 9.42. The first-order valence-electron chi connectivity index (χ1n) is 8.52. The Morgan fingerprint density at radius 3 is 0.810 bits per heavy atom. The minimum absolute atomic E-state index is 0.334. The van der Waals surface area contributed by atoms with Gasteiger partial charge in [-0.25, -0.2) is 0 Å². The normalized spacial score (nSPS) is 18.4. The van der Waals surface area contributed by atoms with Gasteiger partial charge in [-0.2, -0.15) is 0 Å². The Balaban J connectivity index is 2.73. The zero-order chi connectivity index (χ0) is 16.5. The SMILES string of the molecule is CC(C)(C)CB1NB(CC(C)(C)C)NB(CC(C)(C)C)N1. The van der Waals surface area contributed by atoms with E-state index in [1.54, 1.807) is 0 Å². The van der Waals surface area contributed by atoms with Crippen LogP contribution in [0.4, 0.5) is 0 Å². The second-order valence-electron chi connectivity index (χ2n) is 10.5. The predicted octanol–water partition coefficient (Wildman–Crippen LogP) is 3.37. The molecule has 1 aliphatic rings. The summed E-state index contributed by atoms with van der Waals surface area (Å²) in [7, 11) is 0. The third kappa shape index (κ3) is 8.95. The van der Waals surface area contributed by atoms with Gasteiger partial charge in [0.15, 0.2) is 0 Å². The molecule has 120 valence electrons. The van der Waals surface area contributed by atoms with Gasteiger partial charge >= 0.3 is 0 Å². The fraction of sp³-hybridized carbons (Fsp3) is 1.00. The number of hydrogen-bond donors (Lipinski definition) is 3. The first-order chi connectivity index (χ1) is 9.23. The molecule has 1 heterocycles. The lowest BCUT2D eigenvalue weighted by Gasteiger charge is -2.39. The van der Waals surface area contributed by atoms with Gasteiger partial charge in [0.25, 0.3) is 20.9 Å². The quantitative estimate of drug-likeness (QED) is 0.698. The van der Waals surface area contributed by atoms with Crippen LogP contribution in [0.2, 0.25) is 19.0 Å². The molecule has 0 amide bonds. The molecule has 0 aromatic heterocycles. The molecule has 1 aliphatic heterocycles. The van der Waals surface area contributed by atoms with Crippen LogP contribution in [0.5, 0.6) is 0 Å². The van der Waals surface area contributed by atoms with E-state index in [2.05, 4.69) is 77.7 Å². The highest BCUT2D eigenvalue weighted by Gasteiger charge is 2.39. The van der Waals surface area contributed by atoms with Crippen LogP contribution < -0.4 is 15.4 Å². The monoisotopic (exact) mass is 291 g/mol. The van der Waals surface area contributed by atoms with Crippen LogP contribution in [0.25, 0.3) is 0 Å². The second kappa shape index (κ2) is 6.68. The molecule has 21 heavy (non-hydrogen) atoms. The number of nitrogens with one attached hydrogen (secondary N) is 3. The topological polar surface area (TPSA) is 36.1 Å². The Kier molecular flexibility index (Phi) is 6.08. The summed E-state index contributed by atoms with van der Waals surface area (Å²) in [6.45, 7) is 22.0. The molecule has 3 nitrogen and oxygen atoms in total. The molecule has 1 fully saturated rings. The summed E-state index contributed by atoms with van der Waals surface area (Å²) >= 11 is 0. The molecule has 1 saturated heterocycles. The summed E-state index contributed by atoms with van der Waals surface area (Å²) in [5.74, 6) is 0. The molecular formula is C15H36B3N3. The Labute approximate surface area is 134 Å². The molecule has 0 aromatic carbocycles. The van der Waals surface area contributed by atoms with Gasteiger partial charge in [-0.05, 0) is 35.2 Å². The second-order valence-corrected chi connectivity index (χ2v) is 10.5. The molecule has 0 spiro atoms. The third-order valence-corrected chi connectivity index (χ3v) is 3.66. The molecule has 0 aliphatic carbocycles. The van der Waals surface area contributed by atoms with Crippen molar-refractivity contribution in [1.29, 1.82) is 0 Å². The third-order valence-electron chi connectivity index (χ3n) is 3.66. The Bertz CT molecular complexity index is 270. The van der Waals surface area contributed by atoms with Crippen molar-refractivity contribution in [2.24, 2.45) is 16.2 Å². The maximum absolute atomic E-state index is 3.76. The van der Waals surface area contributed by atoms with Gasteiger partial charge in [0, 0.05) is 0 Å². The van der Waals surface area contributed by atoms with E-state index in [0.717, 1.165) is 19.0 Å². The van der Waals surface area contributed by atoms with Crippen LogP contribution in [0.3, 0.4) is 0 Å². The average molecular weight is 291 g/mol. The molecule has 0 bridgehead atoms. The number of hydrogen-bond acceptors (Lipinski definition) is 3. The molecule has 0 radical (unpaired) electrons. The van der Waals surface area contributed by atoms with E-state index in [-0.39, 0.29) is 0 Å². The van der Waals surface area contributed by atoms with Crippen LogP contribution in [0.1, 0.15) is 62.3 Å². The van der Waals surface area contributed by atoms with Crippen LogP contribution in [0, 0.1) is 16.2 Å². The minimum Gasteiger partial charge on any atom is -0.371 e. The van der Waals surface area contributed by atoms with Gasteiger partial charge in [-0.1, -0.05) is 62.3 Å². The fourth-order valence-corrected chi connectivity index (χ4v) is 3.06. The van der Waals surface area contributed by atoms with Crippen LogP contribution in [-0.2, 0) is 0 Å². The van der Waals surface area contributed by atoms with Crippen molar-refractivity contribution in [3.63, 3.8) is 0 Å². The van der Waals surface area contributed by atoms with Crippen molar-refractivity contribution >= 4 is 20.9 Å². The lowest BCUT2D eigenvalue weighted by Crippen LogP contribution is -2.75. The van der Waals surface area contributed by atoms with E-state index < -0.39 is 0 Å². The summed E-state index contributed by atoms with van der Waals surface area (Å²) in [6.07, 6.45) is 3.45. The molecule has 6 heteroatoms.